The number of aryl methyl sites for hydroxylation is 2. The Bertz CT molecular complexity index is 1170. The van der Waals surface area contributed by atoms with E-state index in [1.54, 1.807) is 18.2 Å². The van der Waals surface area contributed by atoms with Crippen LogP contribution >= 0.6 is 23.2 Å². The minimum atomic E-state index is -1.94. The van der Waals surface area contributed by atoms with Gasteiger partial charge in [-0.15, -0.1) is 0 Å². The van der Waals surface area contributed by atoms with Gasteiger partial charge in [-0.1, -0.05) is 49.1 Å². The van der Waals surface area contributed by atoms with Gasteiger partial charge in [-0.3, -0.25) is 0 Å². The first-order chi connectivity index (χ1) is 15.7. The van der Waals surface area contributed by atoms with E-state index in [1.807, 2.05) is 20.8 Å². The molecule has 0 unspecified atom stereocenters. The highest BCUT2D eigenvalue weighted by Crippen LogP contribution is 2.38. The van der Waals surface area contributed by atoms with Crippen LogP contribution in [0, 0.1) is 27.7 Å². The summed E-state index contributed by atoms with van der Waals surface area (Å²) >= 11 is 13.0. The van der Waals surface area contributed by atoms with Crippen molar-refractivity contribution in [3.63, 3.8) is 0 Å². The Hall–Kier alpha value is -1.93. The second-order valence-corrected chi connectivity index (χ2v) is 15.5. The van der Waals surface area contributed by atoms with Crippen LogP contribution in [0.25, 0.3) is 22.6 Å². The Morgan fingerprint density at radius 1 is 1.12 bits per heavy atom. The van der Waals surface area contributed by atoms with E-state index < -0.39 is 8.32 Å². The second-order valence-electron chi connectivity index (χ2n) is 9.96. The highest BCUT2D eigenvalue weighted by Gasteiger charge is 2.38. The third kappa shape index (κ3) is 5.65. The number of aromatic nitrogens is 3. The lowest BCUT2D eigenvalue weighted by atomic mass is 10.1. The zero-order valence-electron chi connectivity index (χ0n) is 21.0. The summed E-state index contributed by atoms with van der Waals surface area (Å²) in [6.45, 7) is 21.0. The number of benzene rings is 1. The summed E-state index contributed by atoms with van der Waals surface area (Å²) < 4.78 is 17.6. The summed E-state index contributed by atoms with van der Waals surface area (Å²) in [5.41, 5.74) is 3.54. The molecule has 1 aromatic carbocycles. The van der Waals surface area contributed by atoms with E-state index in [0.29, 0.717) is 45.4 Å². The summed E-state index contributed by atoms with van der Waals surface area (Å²) in [5, 5.41) is 4.96. The number of halogens is 2. The molecule has 34 heavy (non-hydrogen) atoms. The topological polar surface area (TPSA) is 70.3 Å². The fourth-order valence-electron chi connectivity index (χ4n) is 3.26. The van der Waals surface area contributed by atoms with Gasteiger partial charge in [0.15, 0.2) is 14.1 Å². The van der Waals surface area contributed by atoms with Crippen LogP contribution in [0.15, 0.2) is 22.7 Å². The van der Waals surface area contributed by atoms with Gasteiger partial charge in [-0.2, -0.15) is 0 Å². The van der Waals surface area contributed by atoms with E-state index in [-0.39, 0.29) is 11.1 Å². The van der Waals surface area contributed by atoms with Crippen LogP contribution in [0.5, 0.6) is 5.75 Å². The average molecular weight is 522 g/mol. The first kappa shape index (κ1) is 26.7. The van der Waals surface area contributed by atoms with E-state index in [4.69, 9.17) is 41.9 Å². The van der Waals surface area contributed by atoms with Crippen molar-refractivity contribution in [2.24, 2.45) is 0 Å². The largest absolute Gasteiger partial charge is 0.491 e. The molecule has 0 aliphatic heterocycles. The van der Waals surface area contributed by atoms with Crippen molar-refractivity contribution in [1.29, 1.82) is 0 Å². The van der Waals surface area contributed by atoms with Crippen LogP contribution in [0.1, 0.15) is 37.8 Å². The third-order valence-corrected chi connectivity index (χ3v) is 11.5. The Morgan fingerprint density at radius 3 is 2.38 bits per heavy atom. The lowest BCUT2D eigenvalue weighted by molar-refractivity contribution is 0.148. The molecule has 0 fully saturated rings. The molecule has 0 saturated carbocycles. The molecule has 2 aromatic heterocycles. The Labute approximate surface area is 213 Å². The van der Waals surface area contributed by atoms with Gasteiger partial charge in [0, 0.05) is 11.1 Å². The van der Waals surface area contributed by atoms with Gasteiger partial charge in [0.1, 0.15) is 23.3 Å². The third-order valence-electron chi connectivity index (χ3n) is 6.24. The minimum absolute atomic E-state index is 0.0946. The number of hydrogen-bond acceptors (Lipinski definition) is 6. The van der Waals surface area contributed by atoms with Crippen LogP contribution in [-0.2, 0) is 4.43 Å². The average Bonchev–Trinajstić information content (AvgIpc) is 3.06. The quantitative estimate of drug-likeness (QED) is 0.235. The van der Waals surface area contributed by atoms with E-state index in [1.165, 1.54) is 0 Å². The Kier molecular flexibility index (Phi) is 7.82. The molecule has 3 rings (SSSR count). The summed E-state index contributed by atoms with van der Waals surface area (Å²) in [7, 11) is -1.94. The van der Waals surface area contributed by atoms with Gasteiger partial charge in [-0.05, 0) is 64.0 Å². The van der Waals surface area contributed by atoms with Gasteiger partial charge >= 0.3 is 0 Å². The van der Waals surface area contributed by atoms with Gasteiger partial charge in [0.25, 0.3) is 0 Å². The molecule has 0 amide bonds. The van der Waals surface area contributed by atoms with Gasteiger partial charge in [-0.25, -0.2) is 9.97 Å². The van der Waals surface area contributed by atoms with Crippen molar-refractivity contribution >= 4 is 31.5 Å². The van der Waals surface area contributed by atoms with Crippen LogP contribution in [-0.4, -0.2) is 36.2 Å². The normalized spacial score (nSPS) is 13.3. The van der Waals surface area contributed by atoms with Crippen LogP contribution in [0.3, 0.4) is 0 Å². The summed E-state index contributed by atoms with van der Waals surface area (Å²) in [4.78, 5) is 9.25. The number of hydrogen-bond donors (Lipinski definition) is 0. The summed E-state index contributed by atoms with van der Waals surface area (Å²) in [5.74, 6) is 1.67. The minimum Gasteiger partial charge on any atom is -0.491 e. The van der Waals surface area contributed by atoms with Gasteiger partial charge in [0.2, 0.25) is 0 Å². The highest BCUT2D eigenvalue weighted by molar-refractivity contribution is 6.74. The van der Waals surface area contributed by atoms with Crippen molar-refractivity contribution < 1.29 is 13.7 Å². The molecule has 0 saturated heterocycles. The van der Waals surface area contributed by atoms with E-state index in [2.05, 4.69) is 50.9 Å². The smallest absolute Gasteiger partial charge is 0.192 e. The summed E-state index contributed by atoms with van der Waals surface area (Å²) in [6.07, 6.45) is -0.295. The molecule has 9 heteroatoms. The van der Waals surface area contributed by atoms with E-state index in [9.17, 15) is 0 Å². The van der Waals surface area contributed by atoms with Crippen molar-refractivity contribution in [2.45, 2.75) is 65.8 Å². The maximum absolute atomic E-state index is 6.52. The van der Waals surface area contributed by atoms with E-state index in [0.717, 1.165) is 16.8 Å². The molecule has 183 valence electrons. The lowest BCUT2D eigenvalue weighted by Gasteiger charge is -2.38. The fourth-order valence-corrected chi connectivity index (χ4v) is 4.88. The molecule has 0 bridgehead atoms. The molecule has 0 spiro atoms. The molecule has 6 nitrogen and oxygen atoms in total. The number of rotatable bonds is 7. The number of nitrogens with zero attached hydrogens (tertiary/aromatic N) is 3. The maximum atomic E-state index is 6.52. The first-order valence-corrected chi connectivity index (χ1v) is 14.8. The van der Waals surface area contributed by atoms with Crippen molar-refractivity contribution in [3.05, 3.63) is 52.3 Å². The van der Waals surface area contributed by atoms with Gasteiger partial charge in [0.05, 0.1) is 28.1 Å². The predicted molar refractivity (Wildman–Crippen MR) is 140 cm³/mol. The fraction of sp³-hybridized carbons (Fsp3) is 0.440. The van der Waals surface area contributed by atoms with Crippen molar-refractivity contribution in [3.8, 4) is 28.4 Å². The van der Waals surface area contributed by atoms with Crippen molar-refractivity contribution in [1.82, 2.24) is 15.1 Å². The zero-order valence-corrected chi connectivity index (χ0v) is 23.6. The molecule has 0 aliphatic carbocycles. The van der Waals surface area contributed by atoms with Crippen LogP contribution in [0.4, 0.5) is 0 Å². The SMILES string of the molecule is [CH2][C@H](COc1ccc(Cl)c(-c2nc(Cl)c(C)c(-c3c(C)noc3C)n2)c1)O[Si](C)(C)C(C)(C)C. The first-order valence-electron chi connectivity index (χ1n) is 11.1. The second kappa shape index (κ2) is 9.97. The monoisotopic (exact) mass is 520 g/mol. The molecule has 0 N–H and O–H groups in total. The molecule has 0 aliphatic rings. The van der Waals surface area contributed by atoms with E-state index >= 15 is 0 Å². The molecular weight excluding hydrogens is 489 g/mol. The van der Waals surface area contributed by atoms with Gasteiger partial charge < -0.3 is 13.7 Å². The van der Waals surface area contributed by atoms with Crippen LogP contribution < -0.4 is 4.74 Å². The Balaban J connectivity index is 1.89. The predicted octanol–water partition coefficient (Wildman–Crippen LogP) is 7.63. The molecule has 2 heterocycles. The highest BCUT2D eigenvalue weighted by atomic mass is 35.5. The molecule has 3 aromatic rings. The summed E-state index contributed by atoms with van der Waals surface area (Å²) in [6, 6.07) is 5.36. The van der Waals surface area contributed by atoms with Crippen LogP contribution in [0.2, 0.25) is 28.3 Å². The standard InChI is InChI=1S/C25H32Cl2N3O3Si/c1-14(33-34(8,9)25(5,6)7)13-31-18-10-11-20(26)19(12-18)24-28-22(15(2)23(27)29-24)21-16(3)30-32-17(21)4/h10-12,14H,1,13H2,2-9H3/t14-/m1/s1. The zero-order chi connectivity index (χ0) is 25.4. The lowest BCUT2D eigenvalue weighted by Crippen LogP contribution is -2.44. The Morgan fingerprint density at radius 2 is 1.79 bits per heavy atom. The number of ether oxygens (including phenoxy) is 1. The van der Waals surface area contributed by atoms with Crippen molar-refractivity contribution in [2.75, 3.05) is 6.61 Å². The molecule has 1 atom stereocenters. The molecular formula is C25H32Cl2N3O3Si. The molecule has 1 radical (unpaired) electrons. The maximum Gasteiger partial charge on any atom is 0.192 e.